The third kappa shape index (κ3) is 3.99. The van der Waals surface area contributed by atoms with Crippen LogP contribution in [0, 0.1) is 10.1 Å². The Kier molecular flexibility index (Phi) is 5.19. The van der Waals surface area contributed by atoms with Crippen molar-refractivity contribution in [3.8, 4) is 11.5 Å². The summed E-state index contributed by atoms with van der Waals surface area (Å²) in [5.74, 6) is 0.935. The number of H-pyrrole nitrogens is 1. The number of hydrogen-bond donors (Lipinski definition) is 4. The molecule has 12 nitrogen and oxygen atoms in total. The van der Waals surface area contributed by atoms with Crippen LogP contribution in [0.3, 0.4) is 0 Å². The summed E-state index contributed by atoms with van der Waals surface area (Å²) in [5.41, 5.74) is 7.19. The van der Waals surface area contributed by atoms with Gasteiger partial charge >= 0.3 is 0 Å². The first-order valence-corrected chi connectivity index (χ1v) is 9.14. The van der Waals surface area contributed by atoms with Crippen LogP contribution in [0.15, 0.2) is 46.3 Å². The number of nitro benzene ring substituents is 1. The van der Waals surface area contributed by atoms with Gasteiger partial charge in [0.2, 0.25) is 6.79 Å². The van der Waals surface area contributed by atoms with Crippen molar-refractivity contribution in [2.75, 3.05) is 6.79 Å². The lowest BCUT2D eigenvalue weighted by molar-refractivity contribution is -0.384. The summed E-state index contributed by atoms with van der Waals surface area (Å²) in [6, 6.07) is 8.53. The molecular weight excluding hydrogens is 428 g/mol. The molecule has 0 unspecified atom stereocenters. The van der Waals surface area contributed by atoms with E-state index in [9.17, 15) is 20.0 Å². The van der Waals surface area contributed by atoms with Crippen LogP contribution in [0.25, 0.3) is 11.0 Å². The van der Waals surface area contributed by atoms with E-state index >= 15 is 0 Å². The lowest BCUT2D eigenvalue weighted by Gasteiger charge is -2.14. The fraction of sp³-hybridized carbons (Fsp3) is 0.111. The van der Waals surface area contributed by atoms with Crippen LogP contribution in [0.1, 0.15) is 17.4 Å². The summed E-state index contributed by atoms with van der Waals surface area (Å²) < 4.78 is 10.6. The highest BCUT2D eigenvalue weighted by Crippen LogP contribution is 2.34. The lowest BCUT2D eigenvalue weighted by Crippen LogP contribution is -2.31. The van der Waals surface area contributed by atoms with Gasteiger partial charge in [-0.3, -0.25) is 20.3 Å². The van der Waals surface area contributed by atoms with Gasteiger partial charge < -0.3 is 25.3 Å². The number of non-ortho nitro benzene ring substituents is 1. The van der Waals surface area contributed by atoms with E-state index in [0.717, 1.165) is 0 Å². The molecule has 0 amide bonds. The Balaban J connectivity index is 1.81. The lowest BCUT2D eigenvalue weighted by atomic mass is 10.0. The second-order valence-corrected chi connectivity index (χ2v) is 6.80. The molecule has 0 bridgehead atoms. The number of nitro groups is 1. The van der Waals surface area contributed by atoms with Crippen molar-refractivity contribution < 1.29 is 19.5 Å². The highest BCUT2D eigenvalue weighted by Gasteiger charge is 2.25. The Morgan fingerprint density at radius 1 is 1.32 bits per heavy atom. The minimum Gasteiger partial charge on any atom is -0.454 e. The van der Waals surface area contributed by atoms with E-state index < -0.39 is 16.6 Å². The zero-order valence-electron chi connectivity index (χ0n) is 15.6. The van der Waals surface area contributed by atoms with Crippen molar-refractivity contribution in [1.29, 1.82) is 0 Å². The third-order valence-electron chi connectivity index (χ3n) is 4.39. The molecule has 1 aromatic heterocycles. The van der Waals surface area contributed by atoms with Crippen LogP contribution in [0.5, 0.6) is 11.5 Å². The molecule has 1 aliphatic heterocycles. The summed E-state index contributed by atoms with van der Waals surface area (Å²) in [7, 11) is 0. The minimum absolute atomic E-state index is 0.0524. The number of aliphatic hydroxyl groups is 1. The van der Waals surface area contributed by atoms with Crippen molar-refractivity contribution in [3.63, 3.8) is 0 Å². The third-order valence-corrected chi connectivity index (χ3v) is 4.48. The normalized spacial score (nSPS) is 13.8. The Hall–Kier alpha value is -4.10. The Morgan fingerprint density at radius 2 is 2.10 bits per heavy atom. The number of ether oxygens (including phenoxy) is 2. The van der Waals surface area contributed by atoms with Gasteiger partial charge in [-0.2, -0.15) is 5.10 Å². The predicted octanol–water partition coefficient (Wildman–Crippen LogP) is 0.831. The number of rotatable bonds is 5. The fourth-order valence-corrected chi connectivity index (χ4v) is 3.01. The van der Waals surface area contributed by atoms with Crippen LogP contribution in [0.4, 0.5) is 5.69 Å². The van der Waals surface area contributed by atoms with Crippen molar-refractivity contribution in [1.82, 2.24) is 15.4 Å². The van der Waals surface area contributed by atoms with E-state index in [2.05, 4.69) is 20.5 Å². The summed E-state index contributed by atoms with van der Waals surface area (Å²) in [5, 5.41) is 25.7. The van der Waals surface area contributed by atoms with E-state index in [0.29, 0.717) is 17.1 Å². The molecule has 2 heterocycles. The Morgan fingerprint density at radius 3 is 2.84 bits per heavy atom. The molecular formula is C18H14N6O6S. The number of benzene rings is 2. The number of aromatic nitrogens is 2. The standard InChI is InChI=1S/C18H14N6O6S/c19-18(31)23-22-14(16(25)8-1-4-12-13(5-8)30-7-29-12)15-17(26)21-11-6-9(24(27)28)2-3-10(11)20-15/h1-6,16,25H,7H2,(H,21,26)(H3,19,23,31)/b22-14-/t16-/m0/s1. The van der Waals surface area contributed by atoms with Gasteiger partial charge in [0.25, 0.3) is 11.2 Å². The second-order valence-electron chi connectivity index (χ2n) is 6.36. The van der Waals surface area contributed by atoms with Gasteiger partial charge in [0.1, 0.15) is 11.8 Å². The summed E-state index contributed by atoms with van der Waals surface area (Å²) >= 11 is 4.75. The van der Waals surface area contributed by atoms with Gasteiger partial charge in [0.15, 0.2) is 22.3 Å². The first kappa shape index (κ1) is 20.2. The second kappa shape index (κ2) is 7.97. The van der Waals surface area contributed by atoms with Crippen LogP contribution >= 0.6 is 12.2 Å². The molecule has 5 N–H and O–H groups in total. The van der Waals surface area contributed by atoms with E-state index in [-0.39, 0.29) is 40.0 Å². The summed E-state index contributed by atoms with van der Waals surface area (Å²) in [6.07, 6.45) is -1.42. The van der Waals surface area contributed by atoms with Crippen LogP contribution < -0.4 is 26.2 Å². The number of nitrogens with zero attached hydrogens (tertiary/aromatic N) is 3. The van der Waals surface area contributed by atoms with Crippen molar-refractivity contribution in [2.24, 2.45) is 10.8 Å². The molecule has 0 saturated carbocycles. The maximum absolute atomic E-state index is 12.7. The Labute approximate surface area is 178 Å². The first-order valence-electron chi connectivity index (χ1n) is 8.73. The van der Waals surface area contributed by atoms with Crippen LogP contribution in [-0.2, 0) is 0 Å². The molecule has 1 aliphatic rings. The maximum Gasteiger partial charge on any atom is 0.276 e. The highest BCUT2D eigenvalue weighted by molar-refractivity contribution is 7.80. The molecule has 1 atom stereocenters. The Bertz CT molecular complexity index is 1310. The predicted molar refractivity (Wildman–Crippen MR) is 113 cm³/mol. The topological polar surface area (TPSA) is 178 Å². The van der Waals surface area contributed by atoms with Crippen molar-refractivity contribution in [3.05, 3.63) is 68.1 Å². The SMILES string of the molecule is NC(=S)N/N=C(/c1nc2ccc([N+](=O)[O-])cc2[nH]c1=O)[C@@H](O)c1ccc2c(c1)OCO2. The molecule has 3 aromatic rings. The van der Waals surface area contributed by atoms with Crippen molar-refractivity contribution >= 4 is 39.8 Å². The van der Waals surface area contributed by atoms with Gasteiger partial charge in [0, 0.05) is 12.1 Å². The molecule has 0 spiro atoms. The van der Waals surface area contributed by atoms with Gasteiger partial charge in [-0.05, 0) is 36.0 Å². The number of nitrogens with two attached hydrogens (primary N) is 1. The zero-order valence-corrected chi connectivity index (χ0v) is 16.4. The number of hydrogen-bond acceptors (Lipinski definition) is 9. The largest absolute Gasteiger partial charge is 0.454 e. The molecule has 4 rings (SSSR count). The monoisotopic (exact) mass is 442 g/mol. The number of nitrogens with one attached hydrogen (secondary N) is 2. The van der Waals surface area contributed by atoms with E-state index in [1.165, 1.54) is 18.2 Å². The van der Waals surface area contributed by atoms with Gasteiger partial charge in [-0.15, -0.1) is 0 Å². The molecule has 0 aliphatic carbocycles. The van der Waals surface area contributed by atoms with Gasteiger partial charge in [0.05, 0.1) is 16.0 Å². The summed E-state index contributed by atoms with van der Waals surface area (Å²) in [4.78, 5) is 29.8. The molecule has 13 heteroatoms. The molecule has 158 valence electrons. The number of aliphatic hydroxyl groups excluding tert-OH is 1. The summed E-state index contributed by atoms with van der Waals surface area (Å²) in [6.45, 7) is 0.0524. The van der Waals surface area contributed by atoms with Gasteiger partial charge in [-0.1, -0.05) is 6.07 Å². The maximum atomic E-state index is 12.7. The first-order chi connectivity index (χ1) is 14.8. The van der Waals surface area contributed by atoms with Gasteiger partial charge in [-0.25, -0.2) is 4.98 Å². The molecule has 31 heavy (non-hydrogen) atoms. The molecule has 0 fully saturated rings. The van der Waals surface area contributed by atoms with Crippen molar-refractivity contribution in [2.45, 2.75) is 6.10 Å². The van der Waals surface area contributed by atoms with E-state index in [1.54, 1.807) is 18.2 Å². The molecule has 0 radical (unpaired) electrons. The van der Waals surface area contributed by atoms with Crippen LogP contribution in [-0.4, -0.2) is 37.6 Å². The fourth-order valence-electron chi connectivity index (χ4n) is 2.96. The number of hydrazone groups is 1. The average Bonchev–Trinajstić information content (AvgIpc) is 3.21. The minimum atomic E-state index is -1.42. The smallest absolute Gasteiger partial charge is 0.276 e. The molecule has 2 aromatic carbocycles. The average molecular weight is 442 g/mol. The van der Waals surface area contributed by atoms with E-state index in [4.69, 9.17) is 27.4 Å². The number of thiocarbonyl (C=S) groups is 1. The zero-order chi connectivity index (χ0) is 22.1. The number of fused-ring (bicyclic) bond motifs is 2. The van der Waals surface area contributed by atoms with Crippen LogP contribution in [0.2, 0.25) is 0 Å². The quantitative estimate of drug-likeness (QED) is 0.191. The van der Waals surface area contributed by atoms with E-state index in [1.807, 2.05) is 0 Å². The highest BCUT2D eigenvalue weighted by atomic mass is 32.1. The number of aromatic amines is 1. The molecule has 0 saturated heterocycles.